The van der Waals surface area contributed by atoms with Gasteiger partial charge in [0.05, 0.1) is 10.9 Å². The molecule has 4 rings (SSSR count). The number of aromatic amines is 1. The first-order valence-electron chi connectivity index (χ1n) is 10.2. The van der Waals surface area contributed by atoms with E-state index in [0.29, 0.717) is 47.4 Å². The topological polar surface area (TPSA) is 92.2 Å². The average Bonchev–Trinajstić information content (AvgIpc) is 2.78. The van der Waals surface area contributed by atoms with Crippen LogP contribution in [0, 0.1) is 0 Å². The molecule has 0 bridgehead atoms. The number of fused-ring (bicyclic) bond motifs is 1. The summed E-state index contributed by atoms with van der Waals surface area (Å²) in [6.45, 7) is 0.884. The van der Waals surface area contributed by atoms with Crippen molar-refractivity contribution in [2.45, 2.75) is 31.7 Å². The number of Topliss-reactive ketones (excluding diaryl/α,β-unsaturated/α-hetero) is 1. The van der Waals surface area contributed by atoms with Crippen molar-refractivity contribution >= 4 is 34.2 Å². The van der Waals surface area contributed by atoms with Crippen LogP contribution in [0.3, 0.4) is 0 Å². The van der Waals surface area contributed by atoms with E-state index in [1.165, 1.54) is 4.57 Å². The minimum Gasteiger partial charge on any atom is -0.343 e. The van der Waals surface area contributed by atoms with Gasteiger partial charge in [-0.25, -0.2) is 4.79 Å². The highest BCUT2D eigenvalue weighted by molar-refractivity contribution is 6.30. The molecule has 0 aliphatic carbocycles. The molecule has 1 N–H and O–H groups in total. The fourth-order valence-electron chi connectivity index (χ4n) is 4.04. The predicted molar refractivity (Wildman–Crippen MR) is 119 cm³/mol. The van der Waals surface area contributed by atoms with Crippen molar-refractivity contribution in [3.05, 3.63) is 80.0 Å². The Morgan fingerprint density at radius 1 is 0.968 bits per heavy atom. The lowest BCUT2D eigenvalue weighted by molar-refractivity contribution is -0.132. The summed E-state index contributed by atoms with van der Waals surface area (Å²) in [5.74, 6) is -0.199. The number of ketones is 1. The van der Waals surface area contributed by atoms with Gasteiger partial charge in [-0.15, -0.1) is 0 Å². The molecule has 160 valence electrons. The maximum Gasteiger partial charge on any atom is 0.329 e. The van der Waals surface area contributed by atoms with Crippen molar-refractivity contribution in [1.29, 1.82) is 0 Å². The van der Waals surface area contributed by atoms with E-state index in [9.17, 15) is 19.2 Å². The normalized spacial score (nSPS) is 14.7. The Hall–Kier alpha value is -3.19. The Kier molecular flexibility index (Phi) is 6.04. The van der Waals surface area contributed by atoms with Crippen molar-refractivity contribution in [2.75, 3.05) is 13.1 Å². The number of nitrogens with zero attached hydrogens (tertiary/aromatic N) is 2. The molecule has 0 radical (unpaired) electrons. The molecular weight excluding hydrogens is 418 g/mol. The molecule has 0 spiro atoms. The standard InChI is InChI=1S/C23H22ClN3O4/c24-16-7-5-15(6-8-16)20(28)9-10-21(29)26-13-11-17(12-14-26)27-22(30)18-3-1-2-4-19(18)25-23(27)31/h1-8,17H,9-14H2,(H,25,31). The quantitative estimate of drug-likeness (QED) is 0.618. The molecule has 3 aromatic rings. The van der Waals surface area contributed by atoms with E-state index in [1.807, 2.05) is 0 Å². The van der Waals surface area contributed by atoms with Crippen LogP contribution < -0.4 is 11.2 Å². The number of hydrogen-bond donors (Lipinski definition) is 1. The van der Waals surface area contributed by atoms with Crippen LogP contribution in [-0.2, 0) is 4.79 Å². The van der Waals surface area contributed by atoms with E-state index >= 15 is 0 Å². The second kappa shape index (κ2) is 8.89. The highest BCUT2D eigenvalue weighted by atomic mass is 35.5. The number of carbonyl (C=O) groups is 2. The smallest absolute Gasteiger partial charge is 0.329 e. The fourth-order valence-corrected chi connectivity index (χ4v) is 4.17. The lowest BCUT2D eigenvalue weighted by Crippen LogP contribution is -2.45. The maximum absolute atomic E-state index is 12.8. The largest absolute Gasteiger partial charge is 0.343 e. The fraction of sp³-hybridized carbons (Fsp3) is 0.304. The van der Waals surface area contributed by atoms with Crippen LogP contribution in [0.1, 0.15) is 42.1 Å². The highest BCUT2D eigenvalue weighted by Crippen LogP contribution is 2.21. The van der Waals surface area contributed by atoms with Crippen LogP contribution in [0.4, 0.5) is 0 Å². The van der Waals surface area contributed by atoms with Gasteiger partial charge in [0, 0.05) is 42.6 Å². The SMILES string of the molecule is O=C(CCC(=O)N1CCC(n2c(=O)[nH]c3ccccc3c2=O)CC1)c1ccc(Cl)cc1. The zero-order chi connectivity index (χ0) is 22.0. The molecule has 0 unspecified atom stereocenters. The molecule has 8 heteroatoms. The predicted octanol–water partition coefficient (Wildman–Crippen LogP) is 3.17. The van der Waals surface area contributed by atoms with Gasteiger partial charge in [-0.3, -0.25) is 19.0 Å². The molecule has 1 aliphatic rings. The summed E-state index contributed by atoms with van der Waals surface area (Å²) in [6, 6.07) is 13.3. The van der Waals surface area contributed by atoms with Gasteiger partial charge < -0.3 is 9.88 Å². The number of para-hydroxylation sites is 1. The number of carbonyl (C=O) groups excluding carboxylic acids is 2. The van der Waals surface area contributed by atoms with E-state index in [4.69, 9.17) is 11.6 Å². The van der Waals surface area contributed by atoms with Crippen LogP contribution in [-0.4, -0.2) is 39.2 Å². The molecule has 1 aliphatic heterocycles. The van der Waals surface area contributed by atoms with E-state index in [1.54, 1.807) is 53.4 Å². The number of halogens is 1. The zero-order valence-corrected chi connectivity index (χ0v) is 17.6. The number of piperidine rings is 1. The molecule has 0 atom stereocenters. The summed E-state index contributed by atoms with van der Waals surface area (Å²) >= 11 is 5.83. The average molecular weight is 440 g/mol. The Morgan fingerprint density at radius 2 is 1.65 bits per heavy atom. The first-order chi connectivity index (χ1) is 14.9. The number of benzene rings is 2. The van der Waals surface area contributed by atoms with Crippen molar-refractivity contribution < 1.29 is 9.59 Å². The van der Waals surface area contributed by atoms with Gasteiger partial charge in [-0.2, -0.15) is 0 Å². The van der Waals surface area contributed by atoms with Gasteiger partial charge in [-0.05, 0) is 49.2 Å². The van der Waals surface area contributed by atoms with Crippen LogP contribution >= 0.6 is 11.6 Å². The number of nitrogens with one attached hydrogen (secondary N) is 1. The van der Waals surface area contributed by atoms with E-state index in [0.717, 1.165) is 0 Å². The van der Waals surface area contributed by atoms with E-state index in [2.05, 4.69) is 4.98 Å². The summed E-state index contributed by atoms with van der Waals surface area (Å²) in [5.41, 5.74) is 0.317. The van der Waals surface area contributed by atoms with Crippen LogP contribution in [0.2, 0.25) is 5.02 Å². The molecule has 1 fully saturated rings. The molecule has 1 amide bonds. The lowest BCUT2D eigenvalue weighted by Gasteiger charge is -2.32. The summed E-state index contributed by atoms with van der Waals surface area (Å²) in [6.07, 6.45) is 1.28. The van der Waals surface area contributed by atoms with Gasteiger partial charge >= 0.3 is 5.69 Å². The second-order valence-corrected chi connectivity index (χ2v) is 8.13. The summed E-state index contributed by atoms with van der Waals surface area (Å²) in [5, 5.41) is 1.03. The van der Waals surface area contributed by atoms with Crippen molar-refractivity contribution in [2.24, 2.45) is 0 Å². The Balaban J connectivity index is 1.37. The third-order valence-electron chi connectivity index (χ3n) is 5.75. The minimum atomic E-state index is -0.429. The summed E-state index contributed by atoms with van der Waals surface area (Å²) < 4.78 is 1.27. The van der Waals surface area contributed by atoms with Gasteiger partial charge in [0.2, 0.25) is 5.91 Å². The Morgan fingerprint density at radius 3 is 2.35 bits per heavy atom. The first-order valence-corrected chi connectivity index (χ1v) is 10.6. The van der Waals surface area contributed by atoms with Crippen molar-refractivity contribution in [3.8, 4) is 0 Å². The summed E-state index contributed by atoms with van der Waals surface area (Å²) in [7, 11) is 0. The monoisotopic (exact) mass is 439 g/mol. The molecule has 31 heavy (non-hydrogen) atoms. The van der Waals surface area contributed by atoms with Crippen molar-refractivity contribution in [3.63, 3.8) is 0 Å². The van der Waals surface area contributed by atoms with Crippen molar-refractivity contribution in [1.82, 2.24) is 14.5 Å². The lowest BCUT2D eigenvalue weighted by atomic mass is 10.0. The molecule has 1 saturated heterocycles. The van der Waals surface area contributed by atoms with Crippen LogP contribution in [0.5, 0.6) is 0 Å². The number of amides is 1. The summed E-state index contributed by atoms with van der Waals surface area (Å²) in [4.78, 5) is 54.6. The number of aromatic nitrogens is 2. The number of rotatable bonds is 5. The molecule has 2 aromatic carbocycles. The molecule has 7 nitrogen and oxygen atoms in total. The number of likely N-dealkylation sites (tertiary alicyclic amines) is 1. The highest BCUT2D eigenvalue weighted by Gasteiger charge is 2.26. The van der Waals surface area contributed by atoms with Crippen LogP contribution in [0.15, 0.2) is 58.1 Å². The van der Waals surface area contributed by atoms with Crippen LogP contribution in [0.25, 0.3) is 10.9 Å². The Labute approximate surface area is 183 Å². The minimum absolute atomic E-state index is 0.0967. The third kappa shape index (κ3) is 4.46. The van der Waals surface area contributed by atoms with E-state index < -0.39 is 5.69 Å². The number of H-pyrrole nitrogens is 1. The van der Waals surface area contributed by atoms with Gasteiger partial charge in [-0.1, -0.05) is 23.7 Å². The molecule has 0 saturated carbocycles. The first kappa shape index (κ1) is 21.1. The van der Waals surface area contributed by atoms with Gasteiger partial charge in [0.15, 0.2) is 5.78 Å². The third-order valence-corrected chi connectivity index (χ3v) is 6.00. The maximum atomic E-state index is 12.8. The Bertz CT molecular complexity index is 1240. The van der Waals surface area contributed by atoms with E-state index in [-0.39, 0.29) is 36.1 Å². The molecule has 1 aromatic heterocycles. The van der Waals surface area contributed by atoms with Gasteiger partial charge in [0.25, 0.3) is 5.56 Å². The molecular formula is C23H22ClN3O4. The molecule has 2 heterocycles. The number of hydrogen-bond acceptors (Lipinski definition) is 4. The zero-order valence-electron chi connectivity index (χ0n) is 16.8. The second-order valence-electron chi connectivity index (χ2n) is 7.69. The van der Waals surface area contributed by atoms with Gasteiger partial charge in [0.1, 0.15) is 0 Å².